The fraction of sp³-hybridized carbons (Fsp3) is 0.526. The maximum absolute atomic E-state index is 12.7. The number of hydrogen-bond donors (Lipinski definition) is 1. The van der Waals surface area contributed by atoms with E-state index in [9.17, 15) is 4.79 Å². The third-order valence-corrected chi connectivity index (χ3v) is 4.99. The van der Waals surface area contributed by atoms with Gasteiger partial charge >= 0.3 is 0 Å². The number of fused-ring (bicyclic) bond motifs is 1. The lowest BCUT2D eigenvalue weighted by atomic mass is 10.1. The SMILES string of the molecule is Cc1c(CCCN)c2ccccc2n1CC(=O)N1CCCCC1. The minimum Gasteiger partial charge on any atom is -0.341 e. The summed E-state index contributed by atoms with van der Waals surface area (Å²) in [5.74, 6) is 0.249. The van der Waals surface area contributed by atoms with Crippen LogP contribution in [0.2, 0.25) is 0 Å². The maximum Gasteiger partial charge on any atom is 0.242 e. The zero-order valence-electron chi connectivity index (χ0n) is 14.1. The van der Waals surface area contributed by atoms with Crippen LogP contribution in [0.15, 0.2) is 24.3 Å². The second-order valence-electron chi connectivity index (χ2n) is 6.50. The molecule has 0 atom stereocenters. The zero-order chi connectivity index (χ0) is 16.2. The predicted octanol–water partition coefficient (Wildman–Crippen LogP) is 2.85. The van der Waals surface area contributed by atoms with Crippen LogP contribution in [-0.4, -0.2) is 35.0 Å². The minimum atomic E-state index is 0.249. The Labute approximate surface area is 138 Å². The van der Waals surface area contributed by atoms with Gasteiger partial charge in [0.25, 0.3) is 0 Å². The second-order valence-corrected chi connectivity index (χ2v) is 6.50. The molecule has 1 aromatic carbocycles. The van der Waals surface area contributed by atoms with Gasteiger partial charge in [-0.25, -0.2) is 0 Å². The molecule has 2 aromatic rings. The van der Waals surface area contributed by atoms with Crippen LogP contribution in [0.1, 0.15) is 36.9 Å². The average Bonchev–Trinajstić information content (AvgIpc) is 2.86. The summed E-state index contributed by atoms with van der Waals surface area (Å²) in [6.45, 7) is 5.12. The molecule has 2 heterocycles. The molecule has 0 spiro atoms. The fourth-order valence-electron chi connectivity index (χ4n) is 3.68. The van der Waals surface area contributed by atoms with Crippen molar-refractivity contribution < 1.29 is 4.79 Å². The van der Waals surface area contributed by atoms with Crippen LogP contribution in [0.25, 0.3) is 10.9 Å². The summed E-state index contributed by atoms with van der Waals surface area (Å²) in [7, 11) is 0. The number of aryl methyl sites for hydroxylation is 1. The lowest BCUT2D eigenvalue weighted by Gasteiger charge is -2.27. The molecule has 0 bridgehead atoms. The van der Waals surface area contributed by atoms with E-state index in [0.717, 1.165) is 38.8 Å². The van der Waals surface area contributed by atoms with Gasteiger partial charge < -0.3 is 15.2 Å². The number of hydrogen-bond acceptors (Lipinski definition) is 2. The Kier molecular flexibility index (Phi) is 5.01. The summed E-state index contributed by atoms with van der Waals surface area (Å²) in [5, 5.41) is 1.27. The van der Waals surface area contributed by atoms with Crippen LogP contribution in [0.5, 0.6) is 0 Å². The van der Waals surface area contributed by atoms with E-state index >= 15 is 0 Å². The summed E-state index contributed by atoms with van der Waals surface area (Å²) in [6, 6.07) is 8.41. The highest BCUT2D eigenvalue weighted by atomic mass is 16.2. The Morgan fingerprint density at radius 3 is 2.65 bits per heavy atom. The van der Waals surface area contributed by atoms with Gasteiger partial charge in [0.05, 0.1) is 0 Å². The molecule has 4 nitrogen and oxygen atoms in total. The monoisotopic (exact) mass is 313 g/mol. The Balaban J connectivity index is 1.90. The van der Waals surface area contributed by atoms with Crippen molar-refractivity contribution in [3.05, 3.63) is 35.5 Å². The number of para-hydroxylation sites is 1. The summed E-state index contributed by atoms with van der Waals surface area (Å²) in [6.07, 6.45) is 5.49. The molecule has 1 aliphatic heterocycles. The summed E-state index contributed by atoms with van der Waals surface area (Å²) in [5.41, 5.74) is 9.41. The average molecular weight is 313 g/mol. The van der Waals surface area contributed by atoms with Crippen LogP contribution >= 0.6 is 0 Å². The van der Waals surface area contributed by atoms with Crippen LogP contribution < -0.4 is 5.73 Å². The van der Waals surface area contributed by atoms with Crippen LogP contribution in [0, 0.1) is 6.92 Å². The molecule has 1 aliphatic rings. The van der Waals surface area contributed by atoms with Gasteiger partial charge in [-0.2, -0.15) is 0 Å². The first-order valence-electron chi connectivity index (χ1n) is 8.77. The van der Waals surface area contributed by atoms with Crippen molar-refractivity contribution in [1.82, 2.24) is 9.47 Å². The Morgan fingerprint density at radius 1 is 1.17 bits per heavy atom. The molecule has 0 saturated carbocycles. The largest absolute Gasteiger partial charge is 0.341 e. The molecule has 1 fully saturated rings. The molecule has 1 saturated heterocycles. The fourth-order valence-corrected chi connectivity index (χ4v) is 3.68. The van der Waals surface area contributed by atoms with Crippen LogP contribution in [0.4, 0.5) is 0 Å². The van der Waals surface area contributed by atoms with Gasteiger partial charge in [0.2, 0.25) is 5.91 Å². The van der Waals surface area contributed by atoms with Gasteiger partial charge in [-0.05, 0) is 57.2 Å². The molecule has 124 valence electrons. The number of aromatic nitrogens is 1. The third-order valence-electron chi connectivity index (χ3n) is 4.99. The first kappa shape index (κ1) is 16.1. The highest BCUT2D eigenvalue weighted by Gasteiger charge is 2.20. The number of rotatable bonds is 5. The van der Waals surface area contributed by atoms with Gasteiger partial charge in [-0.3, -0.25) is 4.79 Å². The maximum atomic E-state index is 12.7. The number of nitrogens with two attached hydrogens (primary N) is 1. The molecule has 4 heteroatoms. The second kappa shape index (κ2) is 7.18. The van der Waals surface area contributed by atoms with Gasteiger partial charge in [0, 0.05) is 29.7 Å². The van der Waals surface area contributed by atoms with Gasteiger partial charge in [0.1, 0.15) is 6.54 Å². The van der Waals surface area contributed by atoms with E-state index in [1.807, 2.05) is 4.90 Å². The number of nitrogens with zero attached hydrogens (tertiary/aromatic N) is 2. The third kappa shape index (κ3) is 3.27. The van der Waals surface area contributed by atoms with E-state index in [4.69, 9.17) is 5.73 Å². The van der Waals surface area contributed by atoms with Crippen molar-refractivity contribution in [3.8, 4) is 0 Å². The number of carbonyl (C=O) groups excluding carboxylic acids is 1. The molecular weight excluding hydrogens is 286 g/mol. The standard InChI is InChI=1S/C19H27N3O/c1-15-16(9-7-11-20)17-8-3-4-10-18(17)22(15)14-19(23)21-12-5-2-6-13-21/h3-4,8,10H,2,5-7,9,11-14,20H2,1H3. The molecule has 2 N–H and O–H groups in total. The van der Waals surface area contributed by atoms with Crippen molar-refractivity contribution in [2.75, 3.05) is 19.6 Å². The van der Waals surface area contributed by atoms with E-state index in [2.05, 4.69) is 35.8 Å². The Bertz CT molecular complexity index is 683. The van der Waals surface area contributed by atoms with Crippen molar-refractivity contribution >= 4 is 16.8 Å². The molecule has 0 radical (unpaired) electrons. The predicted molar refractivity (Wildman–Crippen MR) is 94.5 cm³/mol. The number of amides is 1. The molecule has 1 aromatic heterocycles. The van der Waals surface area contributed by atoms with Gasteiger partial charge in [-0.1, -0.05) is 18.2 Å². The number of carbonyl (C=O) groups is 1. The van der Waals surface area contributed by atoms with E-state index in [0.29, 0.717) is 13.1 Å². The van der Waals surface area contributed by atoms with Crippen LogP contribution in [0.3, 0.4) is 0 Å². The first-order chi connectivity index (χ1) is 11.2. The van der Waals surface area contributed by atoms with Crippen molar-refractivity contribution in [2.45, 2.75) is 45.6 Å². The Hall–Kier alpha value is -1.81. The van der Waals surface area contributed by atoms with Crippen molar-refractivity contribution in [1.29, 1.82) is 0 Å². The molecule has 0 unspecified atom stereocenters. The normalized spacial score (nSPS) is 15.3. The summed E-state index contributed by atoms with van der Waals surface area (Å²) >= 11 is 0. The quantitative estimate of drug-likeness (QED) is 0.923. The lowest BCUT2D eigenvalue weighted by molar-refractivity contribution is -0.132. The summed E-state index contributed by atoms with van der Waals surface area (Å²) < 4.78 is 2.19. The van der Waals surface area contributed by atoms with Crippen LogP contribution in [-0.2, 0) is 17.8 Å². The van der Waals surface area contributed by atoms with Gasteiger partial charge in [-0.15, -0.1) is 0 Å². The molecule has 0 aliphatic carbocycles. The van der Waals surface area contributed by atoms with E-state index in [-0.39, 0.29) is 5.91 Å². The minimum absolute atomic E-state index is 0.249. The Morgan fingerprint density at radius 2 is 1.91 bits per heavy atom. The molecule has 3 rings (SSSR count). The van der Waals surface area contributed by atoms with Crippen molar-refractivity contribution in [3.63, 3.8) is 0 Å². The smallest absolute Gasteiger partial charge is 0.242 e. The molecule has 23 heavy (non-hydrogen) atoms. The van der Waals surface area contributed by atoms with Gasteiger partial charge in [0.15, 0.2) is 0 Å². The first-order valence-corrected chi connectivity index (χ1v) is 8.77. The molecular formula is C19H27N3O. The molecule has 1 amide bonds. The summed E-state index contributed by atoms with van der Waals surface area (Å²) in [4.78, 5) is 14.7. The number of piperidine rings is 1. The lowest BCUT2D eigenvalue weighted by Crippen LogP contribution is -2.37. The highest BCUT2D eigenvalue weighted by Crippen LogP contribution is 2.27. The highest BCUT2D eigenvalue weighted by molar-refractivity contribution is 5.87. The topological polar surface area (TPSA) is 51.3 Å². The number of benzene rings is 1. The van der Waals surface area contributed by atoms with Crippen molar-refractivity contribution in [2.24, 2.45) is 5.73 Å². The van der Waals surface area contributed by atoms with E-state index in [1.54, 1.807) is 0 Å². The van der Waals surface area contributed by atoms with E-state index in [1.165, 1.54) is 28.6 Å². The number of likely N-dealkylation sites (tertiary alicyclic amines) is 1. The zero-order valence-corrected chi connectivity index (χ0v) is 14.1. The van der Waals surface area contributed by atoms with E-state index < -0.39 is 0 Å².